The predicted octanol–water partition coefficient (Wildman–Crippen LogP) is 2.87. The molecule has 2 heterocycles. The molecule has 0 aliphatic carbocycles. The number of hydrogen-bond donors (Lipinski definition) is 1. The molecule has 2 atom stereocenters. The lowest BCUT2D eigenvalue weighted by Gasteiger charge is -2.16. The maximum Gasteiger partial charge on any atom is 0.217 e. The van der Waals surface area contributed by atoms with Crippen LogP contribution in [0, 0.1) is 5.82 Å². The van der Waals surface area contributed by atoms with Crippen LogP contribution in [0.3, 0.4) is 0 Å². The molecule has 8 heteroatoms. The quantitative estimate of drug-likeness (QED) is 0.714. The van der Waals surface area contributed by atoms with Crippen molar-refractivity contribution in [1.29, 1.82) is 0 Å². The number of carbonyl (C=O) groups excluding carboxylic acids is 1. The van der Waals surface area contributed by atoms with Gasteiger partial charge < -0.3 is 15.0 Å². The summed E-state index contributed by atoms with van der Waals surface area (Å²) < 4.78 is 21.2. The number of thioether (sulfide) groups is 1. The van der Waals surface area contributed by atoms with Crippen molar-refractivity contribution in [2.75, 3.05) is 6.61 Å². The Balaban J connectivity index is 1.79. The van der Waals surface area contributed by atoms with Crippen LogP contribution in [0.15, 0.2) is 29.4 Å². The summed E-state index contributed by atoms with van der Waals surface area (Å²) in [5, 5.41) is 9.31. The molecule has 0 spiro atoms. The molecule has 3 rings (SSSR count). The second-order valence-corrected chi connectivity index (χ2v) is 7.73. The number of carbonyl (C=O) groups is 1. The number of nitrogens with zero attached hydrogens (tertiary/aromatic N) is 3. The zero-order chi connectivity index (χ0) is 18.5. The average molecular weight is 378 g/mol. The fourth-order valence-corrected chi connectivity index (χ4v) is 3.98. The van der Waals surface area contributed by atoms with Gasteiger partial charge in [0.2, 0.25) is 5.91 Å². The van der Waals surface area contributed by atoms with Gasteiger partial charge in [-0.3, -0.25) is 4.79 Å². The lowest BCUT2D eigenvalue weighted by molar-refractivity contribution is -0.118. The number of halogens is 1. The molecule has 2 N–H and O–H groups in total. The molecule has 1 aromatic carbocycles. The molecule has 1 aromatic heterocycles. The third-order valence-corrected chi connectivity index (χ3v) is 5.54. The number of ether oxygens (including phenoxy) is 1. The summed E-state index contributed by atoms with van der Waals surface area (Å²) in [5.41, 5.74) is 6.16. The molecular formula is C18H23FN4O2S. The van der Waals surface area contributed by atoms with Gasteiger partial charge in [0.1, 0.15) is 11.6 Å². The van der Waals surface area contributed by atoms with Crippen LogP contribution in [0.5, 0.6) is 0 Å². The first-order chi connectivity index (χ1) is 12.5. The minimum atomic E-state index is -0.362. The molecule has 1 amide bonds. The highest BCUT2D eigenvalue weighted by Gasteiger charge is 2.22. The van der Waals surface area contributed by atoms with Crippen molar-refractivity contribution in [3.8, 4) is 0 Å². The Morgan fingerprint density at radius 3 is 3.04 bits per heavy atom. The number of amides is 1. The summed E-state index contributed by atoms with van der Waals surface area (Å²) in [6.07, 6.45) is 2.85. The van der Waals surface area contributed by atoms with Gasteiger partial charge in [-0.1, -0.05) is 23.9 Å². The highest BCUT2D eigenvalue weighted by Crippen LogP contribution is 2.34. The van der Waals surface area contributed by atoms with E-state index in [4.69, 9.17) is 10.5 Å². The van der Waals surface area contributed by atoms with E-state index in [0.29, 0.717) is 13.0 Å². The number of primary amides is 1. The Kier molecular flexibility index (Phi) is 6.26. The summed E-state index contributed by atoms with van der Waals surface area (Å²) in [6.45, 7) is 3.43. The number of hydrogen-bond acceptors (Lipinski definition) is 5. The Bertz CT molecular complexity index is 761. The van der Waals surface area contributed by atoms with Crippen LogP contribution >= 0.6 is 11.8 Å². The van der Waals surface area contributed by atoms with E-state index in [9.17, 15) is 9.18 Å². The van der Waals surface area contributed by atoms with Crippen molar-refractivity contribution >= 4 is 17.7 Å². The zero-order valence-electron chi connectivity index (χ0n) is 14.7. The molecule has 26 heavy (non-hydrogen) atoms. The highest BCUT2D eigenvalue weighted by atomic mass is 32.2. The summed E-state index contributed by atoms with van der Waals surface area (Å²) in [4.78, 5) is 11.1. The van der Waals surface area contributed by atoms with Crippen LogP contribution in [0.4, 0.5) is 4.39 Å². The van der Waals surface area contributed by atoms with E-state index in [1.54, 1.807) is 6.07 Å². The van der Waals surface area contributed by atoms with E-state index < -0.39 is 0 Å². The molecule has 2 aromatic rings. The van der Waals surface area contributed by atoms with Crippen LogP contribution in [0.1, 0.15) is 42.8 Å². The van der Waals surface area contributed by atoms with Crippen molar-refractivity contribution in [3.63, 3.8) is 0 Å². The molecular weight excluding hydrogens is 355 g/mol. The first-order valence-electron chi connectivity index (χ1n) is 8.77. The molecule has 6 nitrogen and oxygen atoms in total. The summed E-state index contributed by atoms with van der Waals surface area (Å²) >= 11 is 1.52. The highest BCUT2D eigenvalue weighted by molar-refractivity contribution is 7.99. The van der Waals surface area contributed by atoms with Crippen LogP contribution in [0.2, 0.25) is 0 Å². The van der Waals surface area contributed by atoms with Crippen LogP contribution in [-0.2, 0) is 22.5 Å². The summed E-state index contributed by atoms with van der Waals surface area (Å²) in [7, 11) is 0. The van der Waals surface area contributed by atoms with Gasteiger partial charge in [0.05, 0.1) is 12.6 Å². The van der Waals surface area contributed by atoms with Gasteiger partial charge in [-0.2, -0.15) is 0 Å². The number of aryl methyl sites for hydroxylation is 1. The van der Waals surface area contributed by atoms with E-state index in [0.717, 1.165) is 36.0 Å². The molecule has 0 bridgehead atoms. The van der Waals surface area contributed by atoms with Gasteiger partial charge >= 0.3 is 0 Å². The van der Waals surface area contributed by atoms with Gasteiger partial charge in [0.25, 0.3) is 0 Å². The lowest BCUT2D eigenvalue weighted by Crippen LogP contribution is -2.19. The predicted molar refractivity (Wildman–Crippen MR) is 97.2 cm³/mol. The number of benzene rings is 1. The van der Waals surface area contributed by atoms with Gasteiger partial charge in [-0.15, -0.1) is 10.2 Å². The van der Waals surface area contributed by atoms with Gasteiger partial charge in [-0.05, 0) is 37.5 Å². The Labute approximate surface area is 156 Å². The third-order valence-electron chi connectivity index (χ3n) is 4.40. The van der Waals surface area contributed by atoms with Crippen LogP contribution < -0.4 is 5.73 Å². The van der Waals surface area contributed by atoms with Gasteiger partial charge in [0.15, 0.2) is 5.16 Å². The molecule has 1 saturated heterocycles. The molecule has 0 saturated carbocycles. The molecule has 0 radical (unpaired) electrons. The van der Waals surface area contributed by atoms with E-state index >= 15 is 0 Å². The Morgan fingerprint density at radius 1 is 1.50 bits per heavy atom. The lowest BCUT2D eigenvalue weighted by atomic mass is 10.2. The van der Waals surface area contributed by atoms with Crippen molar-refractivity contribution in [3.05, 3.63) is 41.5 Å². The maximum absolute atomic E-state index is 13.5. The Hall–Kier alpha value is -1.93. The van der Waals surface area contributed by atoms with Crippen molar-refractivity contribution in [2.45, 2.75) is 55.7 Å². The molecule has 1 aliphatic heterocycles. The zero-order valence-corrected chi connectivity index (χ0v) is 15.5. The first-order valence-corrected chi connectivity index (χ1v) is 9.65. The monoisotopic (exact) mass is 378 g/mol. The number of aromatic nitrogens is 3. The largest absolute Gasteiger partial charge is 0.376 e. The van der Waals surface area contributed by atoms with Crippen molar-refractivity contribution < 1.29 is 13.9 Å². The van der Waals surface area contributed by atoms with E-state index in [1.165, 1.54) is 23.9 Å². The van der Waals surface area contributed by atoms with E-state index in [-0.39, 0.29) is 29.5 Å². The summed E-state index contributed by atoms with van der Waals surface area (Å²) in [6, 6.07) is 6.57. The minimum absolute atomic E-state index is 0.0159. The molecule has 1 aliphatic rings. The fraction of sp³-hybridized carbons (Fsp3) is 0.500. The van der Waals surface area contributed by atoms with Crippen LogP contribution in [-0.4, -0.2) is 33.4 Å². The fourth-order valence-electron chi connectivity index (χ4n) is 2.99. The molecule has 2 unspecified atom stereocenters. The second-order valence-electron chi connectivity index (χ2n) is 6.43. The molecule has 1 fully saturated rings. The minimum Gasteiger partial charge on any atom is -0.376 e. The van der Waals surface area contributed by atoms with E-state index in [2.05, 4.69) is 10.2 Å². The smallest absolute Gasteiger partial charge is 0.217 e. The average Bonchev–Trinajstić information content (AvgIpc) is 3.24. The van der Waals surface area contributed by atoms with Crippen LogP contribution in [0.25, 0.3) is 0 Å². The maximum atomic E-state index is 13.5. The van der Waals surface area contributed by atoms with Crippen molar-refractivity contribution in [2.24, 2.45) is 5.73 Å². The SMILES string of the molecule is CC(Sc1nnc(CCC(N)=O)n1CC1CCCO1)c1cccc(F)c1. The number of nitrogens with two attached hydrogens (primary N) is 1. The standard InChI is InChI=1S/C18H23FN4O2S/c1-12(13-4-2-5-14(19)10-13)26-18-22-21-17(8-7-16(20)24)23(18)11-15-6-3-9-25-15/h2,4-5,10,12,15H,3,6-9,11H2,1H3,(H2,20,24). The van der Waals surface area contributed by atoms with Gasteiger partial charge in [0, 0.05) is 24.7 Å². The normalized spacial score (nSPS) is 18.2. The second kappa shape index (κ2) is 8.64. The summed E-state index contributed by atoms with van der Waals surface area (Å²) in [5.74, 6) is 0.116. The topological polar surface area (TPSA) is 83.0 Å². The third kappa shape index (κ3) is 4.82. The van der Waals surface area contributed by atoms with E-state index in [1.807, 2.05) is 17.6 Å². The molecule has 140 valence electrons. The van der Waals surface area contributed by atoms with Gasteiger partial charge in [-0.25, -0.2) is 4.39 Å². The first kappa shape index (κ1) is 18.8. The Morgan fingerprint density at radius 2 is 2.35 bits per heavy atom. The van der Waals surface area contributed by atoms with Crippen molar-refractivity contribution in [1.82, 2.24) is 14.8 Å². The number of rotatable bonds is 8.